The van der Waals surface area contributed by atoms with Crippen molar-refractivity contribution in [3.05, 3.63) is 29.0 Å². The van der Waals surface area contributed by atoms with E-state index >= 15 is 0 Å². The third kappa shape index (κ3) is 8.34. The lowest BCUT2D eigenvalue weighted by Gasteiger charge is -2.26. The van der Waals surface area contributed by atoms with Gasteiger partial charge in [-0.15, -0.1) is 11.3 Å². The van der Waals surface area contributed by atoms with Crippen LogP contribution in [-0.2, 0) is 16.1 Å². The van der Waals surface area contributed by atoms with Gasteiger partial charge in [-0.3, -0.25) is 9.88 Å². The maximum atomic E-state index is 5.55. The summed E-state index contributed by atoms with van der Waals surface area (Å²) in [5.41, 5.74) is 1.81. The molecule has 1 aliphatic heterocycles. The molecule has 6 heteroatoms. The molecule has 1 aromatic heterocycles. The highest BCUT2D eigenvalue weighted by molar-refractivity contribution is 7.09. The molecule has 130 valence electrons. The van der Waals surface area contributed by atoms with E-state index in [2.05, 4.69) is 21.8 Å². The first-order chi connectivity index (χ1) is 11.3. The number of rotatable bonds is 12. The Morgan fingerprint density at radius 1 is 1.26 bits per heavy atom. The van der Waals surface area contributed by atoms with Gasteiger partial charge < -0.3 is 14.8 Å². The van der Waals surface area contributed by atoms with E-state index in [9.17, 15) is 0 Å². The second-order valence-electron chi connectivity index (χ2n) is 5.83. The summed E-state index contributed by atoms with van der Waals surface area (Å²) in [4.78, 5) is 7.65. The molecule has 0 radical (unpaired) electrons. The molecule has 0 aromatic carbocycles. The fourth-order valence-corrected chi connectivity index (χ4v) is 3.07. The molecule has 0 atom stereocenters. The van der Waals surface area contributed by atoms with E-state index in [0.29, 0.717) is 12.5 Å². The van der Waals surface area contributed by atoms with Crippen molar-refractivity contribution < 1.29 is 9.47 Å². The number of nitrogens with one attached hydrogen (secondary N) is 1. The minimum Gasteiger partial charge on any atom is -0.474 e. The smallest absolute Gasteiger partial charge is 0.179 e. The number of ether oxygens (including phenoxy) is 2. The Hall–Kier alpha value is -1.11. The lowest BCUT2D eigenvalue weighted by atomic mass is 10.1. The van der Waals surface area contributed by atoms with Gasteiger partial charge in [0.2, 0.25) is 0 Å². The van der Waals surface area contributed by atoms with Crippen LogP contribution in [0.1, 0.15) is 37.0 Å². The Balaban J connectivity index is 1.35. The Morgan fingerprint density at radius 2 is 2.04 bits per heavy atom. The van der Waals surface area contributed by atoms with E-state index < -0.39 is 0 Å². The molecule has 2 heterocycles. The summed E-state index contributed by atoms with van der Waals surface area (Å²) in [5, 5.41) is 3.23. The van der Waals surface area contributed by atoms with Crippen LogP contribution in [0.25, 0.3) is 0 Å². The number of morpholine rings is 1. The zero-order valence-corrected chi connectivity index (χ0v) is 14.8. The van der Waals surface area contributed by atoms with Gasteiger partial charge in [-0.25, -0.2) is 0 Å². The van der Waals surface area contributed by atoms with E-state index in [-0.39, 0.29) is 0 Å². The van der Waals surface area contributed by atoms with Crippen LogP contribution in [-0.4, -0.2) is 49.3 Å². The van der Waals surface area contributed by atoms with Gasteiger partial charge >= 0.3 is 0 Å². The minimum atomic E-state index is 0.554. The SMILES string of the molecule is C=C(NCCCCCCCN1CCOCC1)OCc1cncs1. The lowest BCUT2D eigenvalue weighted by Crippen LogP contribution is -2.36. The highest BCUT2D eigenvalue weighted by Gasteiger charge is 2.08. The number of nitrogens with zero attached hydrogens (tertiary/aromatic N) is 2. The van der Waals surface area contributed by atoms with E-state index in [1.165, 1.54) is 38.6 Å². The molecule has 0 amide bonds. The van der Waals surface area contributed by atoms with Gasteiger partial charge in [-0.2, -0.15) is 0 Å². The summed E-state index contributed by atoms with van der Waals surface area (Å²) < 4.78 is 10.9. The molecule has 1 fully saturated rings. The van der Waals surface area contributed by atoms with Gasteiger partial charge in [-0.05, 0) is 26.0 Å². The Kier molecular flexibility index (Phi) is 9.06. The van der Waals surface area contributed by atoms with E-state index in [1.54, 1.807) is 11.3 Å². The molecule has 2 rings (SSSR count). The Bertz CT molecular complexity index is 419. The summed E-state index contributed by atoms with van der Waals surface area (Å²) in [7, 11) is 0. The molecule has 0 aliphatic carbocycles. The first kappa shape index (κ1) is 18.2. The van der Waals surface area contributed by atoms with Crippen molar-refractivity contribution in [2.45, 2.75) is 38.7 Å². The average Bonchev–Trinajstić information content (AvgIpc) is 3.10. The maximum absolute atomic E-state index is 5.55. The normalized spacial score (nSPS) is 15.5. The highest BCUT2D eigenvalue weighted by Crippen LogP contribution is 2.09. The van der Waals surface area contributed by atoms with E-state index in [0.717, 1.165) is 37.7 Å². The Labute approximate surface area is 143 Å². The van der Waals surface area contributed by atoms with Gasteiger partial charge in [0.1, 0.15) is 6.61 Å². The summed E-state index contributed by atoms with van der Waals surface area (Å²) in [6.07, 6.45) is 8.19. The lowest BCUT2D eigenvalue weighted by molar-refractivity contribution is 0.0371. The number of unbranched alkanes of at least 4 members (excludes halogenated alkanes) is 4. The zero-order chi connectivity index (χ0) is 16.2. The van der Waals surface area contributed by atoms with Crippen molar-refractivity contribution in [3.8, 4) is 0 Å². The summed E-state index contributed by atoms with van der Waals surface area (Å²) >= 11 is 1.60. The van der Waals surface area contributed by atoms with Gasteiger partial charge in [-0.1, -0.05) is 19.3 Å². The van der Waals surface area contributed by atoms with Crippen molar-refractivity contribution in [3.63, 3.8) is 0 Å². The third-order valence-electron chi connectivity index (χ3n) is 3.95. The molecule has 1 N–H and O–H groups in total. The van der Waals surface area contributed by atoms with Gasteiger partial charge in [0, 0.05) is 25.8 Å². The first-order valence-corrected chi connectivity index (χ1v) is 9.45. The van der Waals surface area contributed by atoms with Crippen LogP contribution in [0.4, 0.5) is 0 Å². The Morgan fingerprint density at radius 3 is 2.83 bits per heavy atom. The van der Waals surface area contributed by atoms with E-state index in [4.69, 9.17) is 9.47 Å². The van der Waals surface area contributed by atoms with Crippen LogP contribution >= 0.6 is 11.3 Å². The topological polar surface area (TPSA) is 46.6 Å². The average molecular weight is 340 g/mol. The second kappa shape index (κ2) is 11.4. The van der Waals surface area contributed by atoms with Gasteiger partial charge in [0.15, 0.2) is 5.88 Å². The monoisotopic (exact) mass is 339 g/mol. The molecule has 0 saturated carbocycles. The van der Waals surface area contributed by atoms with E-state index in [1.807, 2.05) is 11.7 Å². The van der Waals surface area contributed by atoms with Crippen molar-refractivity contribution in [1.29, 1.82) is 0 Å². The minimum absolute atomic E-state index is 0.554. The van der Waals surface area contributed by atoms with Crippen molar-refractivity contribution in [2.75, 3.05) is 39.4 Å². The largest absolute Gasteiger partial charge is 0.474 e. The highest BCUT2D eigenvalue weighted by atomic mass is 32.1. The van der Waals surface area contributed by atoms with Crippen LogP contribution in [0.2, 0.25) is 0 Å². The van der Waals surface area contributed by atoms with Crippen molar-refractivity contribution in [1.82, 2.24) is 15.2 Å². The fourth-order valence-electron chi connectivity index (χ4n) is 2.57. The number of aromatic nitrogens is 1. The number of thiazole rings is 1. The van der Waals surface area contributed by atoms with Gasteiger partial charge in [0.25, 0.3) is 0 Å². The molecular formula is C17H29N3O2S. The molecule has 1 saturated heterocycles. The summed E-state index contributed by atoms with van der Waals surface area (Å²) in [6, 6.07) is 0. The third-order valence-corrected chi connectivity index (χ3v) is 4.70. The molecule has 23 heavy (non-hydrogen) atoms. The summed E-state index contributed by atoms with van der Waals surface area (Å²) in [6.45, 7) is 10.6. The van der Waals surface area contributed by atoms with Crippen LogP contribution in [0.3, 0.4) is 0 Å². The van der Waals surface area contributed by atoms with Crippen LogP contribution < -0.4 is 5.32 Å². The number of hydrogen-bond donors (Lipinski definition) is 1. The molecule has 0 spiro atoms. The van der Waals surface area contributed by atoms with Crippen LogP contribution in [0.5, 0.6) is 0 Å². The molecule has 1 aromatic rings. The molecule has 0 bridgehead atoms. The number of hydrogen-bond acceptors (Lipinski definition) is 6. The predicted octanol–water partition coefficient (Wildman–Crippen LogP) is 3.00. The fraction of sp³-hybridized carbons (Fsp3) is 0.706. The van der Waals surface area contributed by atoms with Crippen LogP contribution in [0.15, 0.2) is 24.2 Å². The van der Waals surface area contributed by atoms with Crippen molar-refractivity contribution >= 4 is 11.3 Å². The molecule has 0 unspecified atom stereocenters. The summed E-state index contributed by atoms with van der Waals surface area (Å²) in [5.74, 6) is 0.658. The quantitative estimate of drug-likeness (QED) is 0.468. The van der Waals surface area contributed by atoms with Crippen molar-refractivity contribution in [2.24, 2.45) is 0 Å². The predicted molar refractivity (Wildman–Crippen MR) is 94.4 cm³/mol. The molecule has 5 nitrogen and oxygen atoms in total. The van der Waals surface area contributed by atoms with Gasteiger partial charge in [0.05, 0.1) is 23.6 Å². The zero-order valence-electron chi connectivity index (χ0n) is 14.0. The first-order valence-electron chi connectivity index (χ1n) is 8.57. The second-order valence-corrected chi connectivity index (χ2v) is 6.80. The maximum Gasteiger partial charge on any atom is 0.179 e. The molecule has 1 aliphatic rings. The molecular weight excluding hydrogens is 310 g/mol. The van der Waals surface area contributed by atoms with Crippen LogP contribution in [0, 0.1) is 0 Å². The standard InChI is InChI=1S/C17H29N3O2S/c1-16(22-14-17-13-18-15-23-17)19-7-5-3-2-4-6-8-20-9-11-21-12-10-20/h13,15,19H,1-12,14H2.